The molecule has 0 atom stereocenters. The zero-order valence-corrected chi connectivity index (χ0v) is 11.1. The molecule has 0 saturated carbocycles. The van der Waals surface area contributed by atoms with Crippen LogP contribution in [0.25, 0.3) is 11.3 Å². The molecule has 2 aromatic rings. The first-order chi connectivity index (χ1) is 9.49. The summed E-state index contributed by atoms with van der Waals surface area (Å²) in [4.78, 5) is 18.2. The Labute approximate surface area is 115 Å². The molecule has 0 aliphatic rings. The number of nitro groups is 1. The second-order valence-electron chi connectivity index (χ2n) is 4.38. The molecule has 0 unspecified atom stereocenters. The highest BCUT2D eigenvalue weighted by Gasteiger charge is 2.21. The van der Waals surface area contributed by atoms with E-state index < -0.39 is 4.92 Å². The van der Waals surface area contributed by atoms with Gasteiger partial charge < -0.3 is 10.5 Å². The molecule has 2 rings (SSSR count). The molecular formula is C13H14N4O3. The van der Waals surface area contributed by atoms with Gasteiger partial charge in [0.1, 0.15) is 11.9 Å². The number of anilines is 1. The summed E-state index contributed by atoms with van der Waals surface area (Å²) in [5, 5.41) is 11.1. The van der Waals surface area contributed by atoms with Crippen LogP contribution in [0.15, 0.2) is 30.5 Å². The number of hydrogen-bond acceptors (Lipinski definition) is 6. The lowest BCUT2D eigenvalue weighted by atomic mass is 10.1. The maximum absolute atomic E-state index is 11.1. The van der Waals surface area contributed by atoms with Crippen molar-refractivity contribution in [1.82, 2.24) is 9.97 Å². The third-order valence-electron chi connectivity index (χ3n) is 2.49. The summed E-state index contributed by atoms with van der Waals surface area (Å²) in [6.07, 6.45) is 1.04. The van der Waals surface area contributed by atoms with Crippen LogP contribution in [0.3, 0.4) is 0 Å². The summed E-state index contributed by atoms with van der Waals surface area (Å²) in [5.41, 5.74) is 5.99. The molecule has 20 heavy (non-hydrogen) atoms. The number of para-hydroxylation sites is 1. The topological polar surface area (TPSA) is 104 Å². The van der Waals surface area contributed by atoms with Crippen LogP contribution in [0.2, 0.25) is 0 Å². The lowest BCUT2D eigenvalue weighted by Gasteiger charge is -2.13. The SMILES string of the molecule is CC(C)Oc1ccccc1-c1nc(N)ncc1[N+](=O)[O-]. The second-order valence-corrected chi connectivity index (χ2v) is 4.38. The van der Waals surface area contributed by atoms with Crippen molar-refractivity contribution in [2.45, 2.75) is 20.0 Å². The molecule has 1 aromatic heterocycles. The lowest BCUT2D eigenvalue weighted by molar-refractivity contribution is -0.384. The van der Waals surface area contributed by atoms with Gasteiger partial charge in [0.05, 0.1) is 11.0 Å². The smallest absolute Gasteiger partial charge is 0.313 e. The Morgan fingerprint density at radius 2 is 2.05 bits per heavy atom. The average molecular weight is 274 g/mol. The Balaban J connectivity index is 2.62. The zero-order chi connectivity index (χ0) is 14.7. The molecule has 0 fully saturated rings. The first-order valence-electron chi connectivity index (χ1n) is 6.02. The van der Waals surface area contributed by atoms with Crippen LogP contribution in [0, 0.1) is 10.1 Å². The van der Waals surface area contributed by atoms with Gasteiger partial charge in [-0.05, 0) is 26.0 Å². The van der Waals surface area contributed by atoms with Gasteiger partial charge in [-0.2, -0.15) is 0 Å². The molecule has 104 valence electrons. The Hall–Kier alpha value is -2.70. The maximum Gasteiger partial charge on any atom is 0.313 e. The summed E-state index contributed by atoms with van der Waals surface area (Å²) in [5.74, 6) is 0.494. The van der Waals surface area contributed by atoms with E-state index in [-0.39, 0.29) is 23.4 Å². The van der Waals surface area contributed by atoms with E-state index in [4.69, 9.17) is 10.5 Å². The van der Waals surface area contributed by atoms with Gasteiger partial charge in [-0.15, -0.1) is 0 Å². The van der Waals surface area contributed by atoms with Gasteiger partial charge >= 0.3 is 5.69 Å². The first kappa shape index (κ1) is 13.7. The van der Waals surface area contributed by atoms with E-state index >= 15 is 0 Å². The molecule has 0 bridgehead atoms. The number of rotatable bonds is 4. The van der Waals surface area contributed by atoms with Crippen LogP contribution in [0.4, 0.5) is 11.6 Å². The predicted octanol–water partition coefficient (Wildman–Crippen LogP) is 2.42. The van der Waals surface area contributed by atoms with Crippen LogP contribution < -0.4 is 10.5 Å². The largest absolute Gasteiger partial charge is 0.490 e. The van der Waals surface area contributed by atoms with Gasteiger partial charge in [0.2, 0.25) is 5.95 Å². The van der Waals surface area contributed by atoms with Crippen molar-refractivity contribution < 1.29 is 9.66 Å². The highest BCUT2D eigenvalue weighted by atomic mass is 16.6. The minimum atomic E-state index is -0.541. The van der Waals surface area contributed by atoms with Crippen LogP contribution >= 0.6 is 0 Å². The van der Waals surface area contributed by atoms with Crippen molar-refractivity contribution in [2.24, 2.45) is 0 Å². The number of nitrogens with zero attached hydrogens (tertiary/aromatic N) is 3. The molecule has 0 saturated heterocycles. The van der Waals surface area contributed by atoms with Crippen LogP contribution in [0.5, 0.6) is 5.75 Å². The van der Waals surface area contributed by atoms with E-state index in [1.54, 1.807) is 24.3 Å². The zero-order valence-electron chi connectivity index (χ0n) is 11.1. The van der Waals surface area contributed by atoms with E-state index in [0.29, 0.717) is 11.3 Å². The third-order valence-corrected chi connectivity index (χ3v) is 2.49. The van der Waals surface area contributed by atoms with Gasteiger partial charge in [0.25, 0.3) is 0 Å². The predicted molar refractivity (Wildman–Crippen MR) is 74.3 cm³/mol. The maximum atomic E-state index is 11.1. The fourth-order valence-electron chi connectivity index (χ4n) is 1.74. The molecule has 0 amide bonds. The second kappa shape index (κ2) is 5.52. The minimum Gasteiger partial charge on any atom is -0.490 e. The summed E-state index contributed by atoms with van der Waals surface area (Å²) >= 11 is 0. The fourth-order valence-corrected chi connectivity index (χ4v) is 1.74. The Bertz CT molecular complexity index is 643. The van der Waals surface area contributed by atoms with Gasteiger partial charge in [-0.3, -0.25) is 10.1 Å². The monoisotopic (exact) mass is 274 g/mol. The van der Waals surface area contributed by atoms with Gasteiger partial charge in [-0.25, -0.2) is 9.97 Å². The summed E-state index contributed by atoms with van der Waals surface area (Å²) in [6, 6.07) is 6.98. The highest BCUT2D eigenvalue weighted by molar-refractivity contribution is 5.75. The first-order valence-corrected chi connectivity index (χ1v) is 6.02. The van der Waals surface area contributed by atoms with E-state index in [1.165, 1.54) is 0 Å². The fraction of sp³-hybridized carbons (Fsp3) is 0.231. The Kier molecular flexibility index (Phi) is 3.79. The summed E-state index contributed by atoms with van der Waals surface area (Å²) < 4.78 is 5.65. The number of nitrogen functional groups attached to an aromatic ring is 1. The number of benzene rings is 1. The molecule has 0 aliphatic carbocycles. The number of hydrogen-bond donors (Lipinski definition) is 1. The molecule has 0 radical (unpaired) electrons. The van der Waals surface area contributed by atoms with Crippen molar-refractivity contribution in [1.29, 1.82) is 0 Å². The van der Waals surface area contributed by atoms with Crippen LogP contribution in [-0.4, -0.2) is 21.0 Å². The van der Waals surface area contributed by atoms with Crippen molar-refractivity contribution in [2.75, 3.05) is 5.73 Å². The Morgan fingerprint density at radius 3 is 2.70 bits per heavy atom. The highest BCUT2D eigenvalue weighted by Crippen LogP contribution is 2.34. The summed E-state index contributed by atoms with van der Waals surface area (Å²) in [7, 11) is 0. The van der Waals surface area contributed by atoms with Crippen molar-refractivity contribution in [3.8, 4) is 17.0 Å². The molecule has 0 aliphatic heterocycles. The van der Waals surface area contributed by atoms with Gasteiger partial charge in [-0.1, -0.05) is 12.1 Å². The van der Waals surface area contributed by atoms with Crippen molar-refractivity contribution >= 4 is 11.6 Å². The molecular weight excluding hydrogens is 260 g/mol. The van der Waals surface area contributed by atoms with E-state index in [9.17, 15) is 10.1 Å². The Morgan fingerprint density at radius 1 is 1.35 bits per heavy atom. The average Bonchev–Trinajstić information content (AvgIpc) is 2.38. The molecule has 0 spiro atoms. The summed E-state index contributed by atoms with van der Waals surface area (Å²) in [6.45, 7) is 3.75. The lowest BCUT2D eigenvalue weighted by Crippen LogP contribution is -2.07. The normalized spacial score (nSPS) is 10.6. The third kappa shape index (κ3) is 2.82. The van der Waals surface area contributed by atoms with E-state index in [1.807, 2.05) is 13.8 Å². The molecule has 1 heterocycles. The molecule has 2 N–H and O–H groups in total. The number of aromatic nitrogens is 2. The van der Waals surface area contributed by atoms with Crippen molar-refractivity contribution in [3.63, 3.8) is 0 Å². The number of nitrogens with two attached hydrogens (primary N) is 1. The number of ether oxygens (including phenoxy) is 1. The molecule has 7 heteroatoms. The van der Waals surface area contributed by atoms with Gasteiger partial charge in [0, 0.05) is 5.56 Å². The quantitative estimate of drug-likeness (QED) is 0.678. The van der Waals surface area contributed by atoms with Crippen molar-refractivity contribution in [3.05, 3.63) is 40.6 Å². The molecule has 1 aromatic carbocycles. The minimum absolute atomic E-state index is 0.0232. The molecule has 7 nitrogen and oxygen atoms in total. The van der Waals surface area contributed by atoms with Crippen LogP contribution in [0.1, 0.15) is 13.8 Å². The van der Waals surface area contributed by atoms with Gasteiger partial charge in [0.15, 0.2) is 5.69 Å². The van der Waals surface area contributed by atoms with Crippen LogP contribution in [-0.2, 0) is 0 Å². The van der Waals surface area contributed by atoms with E-state index in [0.717, 1.165) is 6.20 Å². The standard InChI is InChI=1S/C13H14N4O3/c1-8(2)20-11-6-4-3-5-9(11)12-10(17(18)19)7-15-13(14)16-12/h3-8H,1-2H3,(H2,14,15,16). The van der Waals surface area contributed by atoms with E-state index in [2.05, 4.69) is 9.97 Å².